The van der Waals surface area contributed by atoms with Gasteiger partial charge in [0.05, 0.1) is 12.2 Å². The predicted molar refractivity (Wildman–Crippen MR) is 68.9 cm³/mol. The van der Waals surface area contributed by atoms with E-state index in [0.29, 0.717) is 0 Å². The van der Waals surface area contributed by atoms with Crippen molar-refractivity contribution in [3.05, 3.63) is 30.1 Å². The molecule has 1 aromatic rings. The molecular formula is C12H12FNO5S. The molecule has 0 bridgehead atoms. The second-order valence-electron chi connectivity index (χ2n) is 3.78. The highest BCUT2D eigenvalue weighted by atomic mass is 32.2. The minimum absolute atomic E-state index is 0.204. The Bertz CT molecular complexity index is 522. The van der Waals surface area contributed by atoms with E-state index >= 15 is 0 Å². The molecule has 0 unspecified atom stereocenters. The van der Waals surface area contributed by atoms with Crippen LogP contribution < -0.4 is 5.32 Å². The summed E-state index contributed by atoms with van der Waals surface area (Å²) in [6, 6.07) is 4.34. The highest BCUT2D eigenvalue weighted by Gasteiger charge is 2.22. The predicted octanol–water partition coefficient (Wildman–Crippen LogP) is 0.962. The number of hydrogen-bond donors (Lipinski definition) is 3. The van der Waals surface area contributed by atoms with E-state index in [2.05, 4.69) is 5.32 Å². The van der Waals surface area contributed by atoms with Crippen LogP contribution in [0.4, 0.5) is 4.39 Å². The fraction of sp³-hybridized carbons (Fsp3) is 0.250. The van der Waals surface area contributed by atoms with Crippen LogP contribution in [-0.4, -0.2) is 39.9 Å². The van der Waals surface area contributed by atoms with E-state index in [1.807, 2.05) is 0 Å². The molecule has 0 saturated carbocycles. The normalized spacial score (nSPS) is 11.7. The summed E-state index contributed by atoms with van der Waals surface area (Å²) in [6.07, 6.45) is -0.717. The van der Waals surface area contributed by atoms with Crippen LogP contribution in [0.1, 0.15) is 6.42 Å². The van der Waals surface area contributed by atoms with E-state index in [1.54, 1.807) is 6.07 Å². The maximum absolute atomic E-state index is 13.3. The van der Waals surface area contributed by atoms with Crippen molar-refractivity contribution >= 4 is 29.6 Å². The Morgan fingerprint density at radius 3 is 2.45 bits per heavy atom. The van der Waals surface area contributed by atoms with Crippen molar-refractivity contribution in [1.29, 1.82) is 0 Å². The zero-order valence-corrected chi connectivity index (χ0v) is 11.0. The topological polar surface area (TPSA) is 104 Å². The summed E-state index contributed by atoms with van der Waals surface area (Å²) in [6.45, 7) is 0. The van der Waals surface area contributed by atoms with Gasteiger partial charge in [-0.2, -0.15) is 0 Å². The number of hydrogen-bond acceptors (Lipinski definition) is 4. The lowest BCUT2D eigenvalue weighted by atomic mass is 10.2. The van der Waals surface area contributed by atoms with Crippen LogP contribution in [0.15, 0.2) is 29.2 Å². The first-order valence-corrected chi connectivity index (χ1v) is 6.50. The second-order valence-corrected chi connectivity index (χ2v) is 4.79. The summed E-state index contributed by atoms with van der Waals surface area (Å²) in [7, 11) is 0. The van der Waals surface area contributed by atoms with Gasteiger partial charge in [0.2, 0.25) is 5.91 Å². The van der Waals surface area contributed by atoms with Crippen molar-refractivity contribution in [2.45, 2.75) is 17.4 Å². The smallest absolute Gasteiger partial charge is 0.326 e. The van der Waals surface area contributed by atoms with Crippen molar-refractivity contribution in [2.24, 2.45) is 0 Å². The standard InChI is InChI=1S/C12H12FNO5S/c13-7-3-1-2-4-9(7)20-6-10(15)14-8(12(18)19)5-11(16)17/h1-4,8H,5-6H2,(H,14,15)(H,16,17)(H,18,19)/t8-/m0/s1. The van der Waals surface area contributed by atoms with Gasteiger partial charge in [-0.05, 0) is 12.1 Å². The van der Waals surface area contributed by atoms with Gasteiger partial charge in [-0.1, -0.05) is 12.1 Å². The van der Waals surface area contributed by atoms with Gasteiger partial charge in [0.25, 0.3) is 0 Å². The average Bonchev–Trinajstić information content (AvgIpc) is 2.36. The highest BCUT2D eigenvalue weighted by molar-refractivity contribution is 8.00. The van der Waals surface area contributed by atoms with Crippen LogP contribution in [0.25, 0.3) is 0 Å². The molecule has 1 amide bonds. The summed E-state index contributed by atoms with van der Waals surface area (Å²) in [5, 5.41) is 19.4. The van der Waals surface area contributed by atoms with E-state index in [4.69, 9.17) is 10.2 Å². The molecule has 1 rings (SSSR count). The molecule has 0 aliphatic heterocycles. The van der Waals surface area contributed by atoms with Crippen LogP contribution in [0, 0.1) is 5.82 Å². The molecule has 0 heterocycles. The number of benzene rings is 1. The van der Waals surface area contributed by atoms with E-state index in [0.717, 1.165) is 11.8 Å². The van der Waals surface area contributed by atoms with Crippen LogP contribution in [-0.2, 0) is 14.4 Å². The van der Waals surface area contributed by atoms with Crippen molar-refractivity contribution in [3.63, 3.8) is 0 Å². The number of halogens is 1. The lowest BCUT2D eigenvalue weighted by Crippen LogP contribution is -2.43. The molecule has 108 valence electrons. The van der Waals surface area contributed by atoms with Crippen molar-refractivity contribution < 1.29 is 29.0 Å². The van der Waals surface area contributed by atoms with Crippen LogP contribution >= 0.6 is 11.8 Å². The Hall–Kier alpha value is -2.09. The summed E-state index contributed by atoms with van der Waals surface area (Å²) in [5.74, 6) is -4.13. The molecule has 8 heteroatoms. The van der Waals surface area contributed by atoms with Crippen molar-refractivity contribution in [2.75, 3.05) is 5.75 Å². The monoisotopic (exact) mass is 301 g/mol. The molecule has 6 nitrogen and oxygen atoms in total. The van der Waals surface area contributed by atoms with Crippen molar-refractivity contribution in [3.8, 4) is 0 Å². The number of carbonyl (C=O) groups is 3. The number of nitrogens with one attached hydrogen (secondary N) is 1. The third-order valence-corrected chi connectivity index (χ3v) is 3.26. The van der Waals surface area contributed by atoms with Crippen LogP contribution in [0.2, 0.25) is 0 Å². The Balaban J connectivity index is 2.52. The summed E-state index contributed by atoms with van der Waals surface area (Å²) in [4.78, 5) is 33.0. The maximum Gasteiger partial charge on any atom is 0.326 e. The molecule has 0 radical (unpaired) electrons. The number of rotatable bonds is 7. The Labute approximate surface area is 118 Å². The molecule has 20 heavy (non-hydrogen) atoms. The third-order valence-electron chi connectivity index (χ3n) is 2.21. The molecule has 0 aliphatic carbocycles. The number of carboxylic acid groups (broad SMARTS) is 2. The van der Waals surface area contributed by atoms with E-state index in [9.17, 15) is 18.8 Å². The van der Waals surface area contributed by atoms with Gasteiger partial charge < -0.3 is 15.5 Å². The number of aliphatic carboxylic acids is 2. The lowest BCUT2D eigenvalue weighted by molar-refractivity contribution is -0.147. The first kappa shape index (κ1) is 16.0. The fourth-order valence-electron chi connectivity index (χ4n) is 1.32. The molecular weight excluding hydrogens is 289 g/mol. The SMILES string of the molecule is O=C(O)C[C@H](NC(=O)CSc1ccccc1F)C(=O)O. The molecule has 1 atom stereocenters. The summed E-state index contributed by atoms with van der Waals surface area (Å²) in [5.41, 5.74) is 0. The molecule has 3 N–H and O–H groups in total. The first-order chi connectivity index (χ1) is 9.40. The Morgan fingerprint density at radius 2 is 1.90 bits per heavy atom. The first-order valence-electron chi connectivity index (χ1n) is 5.51. The van der Waals surface area contributed by atoms with Crippen LogP contribution in [0.3, 0.4) is 0 Å². The molecule has 0 aromatic heterocycles. The molecule has 1 aromatic carbocycles. The number of carboxylic acids is 2. The Kier molecular flexibility index (Phi) is 5.98. The average molecular weight is 301 g/mol. The zero-order valence-electron chi connectivity index (χ0n) is 10.2. The van der Waals surface area contributed by atoms with Gasteiger partial charge >= 0.3 is 11.9 Å². The Morgan fingerprint density at radius 1 is 1.25 bits per heavy atom. The highest BCUT2D eigenvalue weighted by Crippen LogP contribution is 2.20. The van der Waals surface area contributed by atoms with Gasteiger partial charge in [-0.25, -0.2) is 9.18 Å². The van der Waals surface area contributed by atoms with Gasteiger partial charge in [-0.3, -0.25) is 9.59 Å². The molecule has 0 aliphatic rings. The van der Waals surface area contributed by atoms with Gasteiger partial charge in [-0.15, -0.1) is 11.8 Å². The minimum Gasteiger partial charge on any atom is -0.481 e. The third kappa shape index (κ3) is 5.27. The molecule has 0 saturated heterocycles. The molecule has 0 spiro atoms. The zero-order chi connectivity index (χ0) is 15.1. The fourth-order valence-corrected chi connectivity index (χ4v) is 2.07. The van der Waals surface area contributed by atoms with Gasteiger partial charge in [0, 0.05) is 4.90 Å². The molecule has 0 fully saturated rings. The number of thioether (sulfide) groups is 1. The second kappa shape index (κ2) is 7.49. The largest absolute Gasteiger partial charge is 0.481 e. The van der Waals surface area contributed by atoms with Crippen LogP contribution in [0.5, 0.6) is 0 Å². The quantitative estimate of drug-likeness (QED) is 0.648. The number of amides is 1. The number of carbonyl (C=O) groups excluding carboxylic acids is 1. The summed E-state index contributed by atoms with van der Waals surface area (Å²) >= 11 is 0.900. The lowest BCUT2D eigenvalue weighted by Gasteiger charge is -2.12. The van der Waals surface area contributed by atoms with E-state index < -0.39 is 36.1 Å². The summed E-state index contributed by atoms with van der Waals surface area (Å²) < 4.78 is 13.3. The van der Waals surface area contributed by atoms with Gasteiger partial charge in [0.15, 0.2) is 0 Å². The van der Waals surface area contributed by atoms with Gasteiger partial charge in [0.1, 0.15) is 11.9 Å². The minimum atomic E-state index is -1.50. The maximum atomic E-state index is 13.3. The van der Waals surface area contributed by atoms with E-state index in [1.165, 1.54) is 18.2 Å². The van der Waals surface area contributed by atoms with E-state index in [-0.39, 0.29) is 10.6 Å². The van der Waals surface area contributed by atoms with Crippen molar-refractivity contribution in [1.82, 2.24) is 5.32 Å².